The van der Waals surface area contributed by atoms with Gasteiger partial charge >= 0.3 is 0 Å². The molecule has 0 spiro atoms. The molecule has 1 aromatic heterocycles. The lowest BCUT2D eigenvalue weighted by Crippen LogP contribution is -2.16. The number of carbonyl (C=O) groups excluding carboxylic acids is 1. The lowest BCUT2D eigenvalue weighted by molar-refractivity contribution is -0.113. The lowest BCUT2D eigenvalue weighted by atomic mass is 10.0. The summed E-state index contributed by atoms with van der Waals surface area (Å²) in [5, 5.41) is 19.6. The summed E-state index contributed by atoms with van der Waals surface area (Å²) >= 11 is 1.44. The van der Waals surface area contributed by atoms with Gasteiger partial charge in [-0.05, 0) is 12.0 Å². The van der Waals surface area contributed by atoms with Gasteiger partial charge in [-0.25, -0.2) is 9.98 Å². The zero-order chi connectivity index (χ0) is 17.7. The van der Waals surface area contributed by atoms with Crippen LogP contribution in [-0.4, -0.2) is 37.0 Å². The number of allylic oxidation sites excluding steroid dienone is 1. The topological polar surface area (TPSA) is 93.1 Å². The van der Waals surface area contributed by atoms with E-state index in [-0.39, 0.29) is 11.8 Å². The highest BCUT2D eigenvalue weighted by Gasteiger charge is 2.21. The molecule has 2 rings (SSSR count). The fourth-order valence-corrected chi connectivity index (χ4v) is 3.36. The first-order chi connectivity index (χ1) is 11.5. The Morgan fingerprint density at radius 1 is 1.29 bits per heavy atom. The van der Waals surface area contributed by atoms with Gasteiger partial charge in [-0.3, -0.25) is 4.79 Å². The van der Waals surface area contributed by atoms with Crippen molar-refractivity contribution in [2.24, 2.45) is 10.9 Å². The fourth-order valence-electron chi connectivity index (χ4n) is 2.35. The molecule has 24 heavy (non-hydrogen) atoms. The highest BCUT2D eigenvalue weighted by Crippen LogP contribution is 2.32. The highest BCUT2D eigenvalue weighted by atomic mass is 32.2. The Balaban J connectivity index is 2.39. The largest absolute Gasteiger partial charge is 0.362 e. The monoisotopic (exact) mass is 339 g/mol. The molecule has 2 heterocycles. The molecule has 0 saturated heterocycles. The van der Waals surface area contributed by atoms with Crippen molar-refractivity contribution in [3.63, 3.8) is 0 Å². The van der Waals surface area contributed by atoms with Gasteiger partial charge in [0.15, 0.2) is 0 Å². The van der Waals surface area contributed by atoms with Crippen molar-refractivity contribution >= 4 is 29.7 Å². The van der Waals surface area contributed by atoms with Crippen LogP contribution in [-0.2, 0) is 11.2 Å². The van der Waals surface area contributed by atoms with E-state index in [0.717, 1.165) is 5.56 Å². The number of thioether (sulfide) groups is 1. The second-order valence-corrected chi connectivity index (χ2v) is 6.40. The Hall–Kier alpha value is -2.64. The van der Waals surface area contributed by atoms with E-state index >= 15 is 0 Å². The van der Waals surface area contributed by atoms with Crippen LogP contribution in [0, 0.1) is 28.6 Å². The second-order valence-electron chi connectivity index (χ2n) is 5.39. The molecule has 0 bridgehead atoms. The van der Waals surface area contributed by atoms with Gasteiger partial charge in [0.2, 0.25) is 0 Å². The molecule has 0 aromatic carbocycles. The minimum atomic E-state index is -0.256. The van der Waals surface area contributed by atoms with E-state index in [1.165, 1.54) is 17.8 Å². The van der Waals surface area contributed by atoms with Crippen molar-refractivity contribution in [2.45, 2.75) is 18.4 Å². The Labute approximate surface area is 145 Å². The minimum Gasteiger partial charge on any atom is -0.362 e. The van der Waals surface area contributed by atoms with E-state index in [1.54, 1.807) is 17.2 Å². The van der Waals surface area contributed by atoms with Crippen LogP contribution in [0.5, 0.6) is 0 Å². The molecule has 0 aliphatic carbocycles. The SMILES string of the molecule is CCc1c(C#N)c(SCC2C=CC(=O)N=C2)nc(N(C)C)c1C#N. The van der Waals surface area contributed by atoms with Crippen molar-refractivity contribution in [3.8, 4) is 12.1 Å². The molecular formula is C17H17N5OS. The number of dihydropyridines is 1. The Morgan fingerprint density at radius 2 is 2.00 bits per heavy atom. The molecule has 0 N–H and O–H groups in total. The van der Waals surface area contributed by atoms with E-state index in [2.05, 4.69) is 22.1 Å². The summed E-state index contributed by atoms with van der Waals surface area (Å²) < 4.78 is 0. The van der Waals surface area contributed by atoms with Gasteiger partial charge in [-0.15, -0.1) is 11.8 Å². The average molecular weight is 339 g/mol. The predicted octanol–water partition coefficient (Wildman–Crippen LogP) is 2.33. The number of anilines is 1. The smallest absolute Gasteiger partial charge is 0.269 e. The van der Waals surface area contributed by atoms with Crippen molar-refractivity contribution in [2.75, 3.05) is 24.7 Å². The highest BCUT2D eigenvalue weighted by molar-refractivity contribution is 7.99. The summed E-state index contributed by atoms with van der Waals surface area (Å²) in [4.78, 5) is 21.2. The number of pyridine rings is 1. The van der Waals surface area contributed by atoms with Crippen LogP contribution in [0.3, 0.4) is 0 Å². The standard InChI is InChI=1S/C17H17N5OS/c1-4-12-13(7-18)16(22(2)3)21-17(14(12)8-19)24-10-11-5-6-15(23)20-9-11/h5-6,9,11H,4,10H2,1-3H3. The van der Waals surface area contributed by atoms with Crippen molar-refractivity contribution in [1.82, 2.24) is 4.98 Å². The summed E-state index contributed by atoms with van der Waals surface area (Å²) in [5.74, 6) is 0.953. The number of carbonyl (C=O) groups is 1. The number of hydrogen-bond donors (Lipinski definition) is 0. The predicted molar refractivity (Wildman–Crippen MR) is 94.2 cm³/mol. The van der Waals surface area contributed by atoms with E-state index in [9.17, 15) is 15.3 Å². The van der Waals surface area contributed by atoms with Crippen LogP contribution in [0.2, 0.25) is 0 Å². The Morgan fingerprint density at radius 3 is 2.50 bits per heavy atom. The number of amides is 1. The molecule has 0 radical (unpaired) electrons. The van der Waals surface area contributed by atoms with Crippen LogP contribution in [0.4, 0.5) is 5.82 Å². The first-order valence-corrected chi connectivity index (χ1v) is 8.43. The Kier molecular flexibility index (Phi) is 5.73. The zero-order valence-electron chi connectivity index (χ0n) is 13.8. The summed E-state index contributed by atoms with van der Waals surface area (Å²) in [6.07, 6.45) is 5.44. The third-order valence-electron chi connectivity index (χ3n) is 3.54. The maximum atomic E-state index is 11.1. The maximum Gasteiger partial charge on any atom is 0.269 e. The van der Waals surface area contributed by atoms with Gasteiger partial charge in [0.05, 0.1) is 11.1 Å². The second kappa shape index (κ2) is 7.76. The zero-order valence-corrected chi connectivity index (χ0v) is 14.6. The molecular weight excluding hydrogens is 322 g/mol. The molecule has 1 amide bonds. The normalized spacial score (nSPS) is 15.9. The summed E-state index contributed by atoms with van der Waals surface area (Å²) in [6.45, 7) is 1.92. The lowest BCUT2D eigenvalue weighted by Gasteiger charge is -2.19. The molecule has 1 aliphatic rings. The summed E-state index contributed by atoms with van der Waals surface area (Å²) in [5.41, 5.74) is 1.63. The molecule has 1 aliphatic heterocycles. The fraction of sp³-hybridized carbons (Fsp3) is 0.353. The van der Waals surface area contributed by atoms with Crippen LogP contribution < -0.4 is 4.90 Å². The molecule has 0 saturated carbocycles. The molecule has 1 aromatic rings. The molecule has 1 unspecified atom stereocenters. The third kappa shape index (κ3) is 3.64. The van der Waals surface area contributed by atoms with Crippen LogP contribution in [0.25, 0.3) is 0 Å². The first-order valence-electron chi connectivity index (χ1n) is 7.45. The molecule has 1 atom stereocenters. The molecule has 0 fully saturated rings. The van der Waals surface area contributed by atoms with Gasteiger partial charge in [-0.2, -0.15) is 10.5 Å². The summed E-state index contributed by atoms with van der Waals surface area (Å²) in [7, 11) is 3.65. The van der Waals surface area contributed by atoms with Crippen molar-refractivity contribution in [3.05, 3.63) is 28.8 Å². The minimum absolute atomic E-state index is 0.0181. The van der Waals surface area contributed by atoms with Crippen LogP contribution in [0.1, 0.15) is 23.6 Å². The van der Waals surface area contributed by atoms with E-state index < -0.39 is 0 Å². The number of aromatic nitrogens is 1. The average Bonchev–Trinajstić information content (AvgIpc) is 2.59. The number of nitriles is 2. The number of nitrogens with zero attached hydrogens (tertiary/aromatic N) is 5. The molecule has 122 valence electrons. The Bertz CT molecular complexity index is 783. The van der Waals surface area contributed by atoms with Crippen LogP contribution in [0.15, 0.2) is 22.2 Å². The van der Waals surface area contributed by atoms with Crippen molar-refractivity contribution in [1.29, 1.82) is 10.5 Å². The van der Waals surface area contributed by atoms with E-state index in [1.807, 2.05) is 21.0 Å². The van der Waals surface area contributed by atoms with E-state index in [0.29, 0.717) is 34.1 Å². The van der Waals surface area contributed by atoms with Gasteiger partial charge in [0.25, 0.3) is 5.91 Å². The van der Waals surface area contributed by atoms with Crippen molar-refractivity contribution < 1.29 is 4.79 Å². The quantitative estimate of drug-likeness (QED) is 0.764. The number of rotatable bonds is 5. The summed E-state index contributed by atoms with van der Waals surface area (Å²) in [6, 6.07) is 4.37. The van der Waals surface area contributed by atoms with Gasteiger partial charge in [0, 0.05) is 38.1 Å². The van der Waals surface area contributed by atoms with Gasteiger partial charge in [0.1, 0.15) is 23.0 Å². The number of hydrogen-bond acceptors (Lipinski definition) is 6. The van der Waals surface area contributed by atoms with Gasteiger partial charge < -0.3 is 4.90 Å². The van der Waals surface area contributed by atoms with Crippen LogP contribution >= 0.6 is 11.8 Å². The number of aliphatic imine (C=N–C) groups is 1. The van der Waals surface area contributed by atoms with Gasteiger partial charge in [-0.1, -0.05) is 13.0 Å². The third-order valence-corrected chi connectivity index (χ3v) is 4.66. The maximum absolute atomic E-state index is 11.1. The molecule has 7 heteroatoms. The van der Waals surface area contributed by atoms with E-state index in [4.69, 9.17) is 0 Å². The molecule has 6 nitrogen and oxygen atoms in total. The first kappa shape index (κ1) is 17.7.